The molecular formula is C8H14N2O. The number of carbonyl (C=O) groups is 1. The minimum atomic E-state index is -0.0684. The van der Waals surface area contributed by atoms with Gasteiger partial charge in [0, 0.05) is 12.8 Å². The van der Waals surface area contributed by atoms with Gasteiger partial charge in [-0.15, -0.1) is 0 Å². The summed E-state index contributed by atoms with van der Waals surface area (Å²) >= 11 is 0. The van der Waals surface area contributed by atoms with Crippen molar-refractivity contribution in [1.82, 2.24) is 4.90 Å². The molecule has 1 heterocycles. The van der Waals surface area contributed by atoms with Crippen LogP contribution in [0.1, 0.15) is 26.2 Å². The maximum atomic E-state index is 10.9. The van der Waals surface area contributed by atoms with Crippen molar-refractivity contribution in [2.75, 3.05) is 13.1 Å². The van der Waals surface area contributed by atoms with Crippen molar-refractivity contribution in [2.45, 2.75) is 26.2 Å². The van der Waals surface area contributed by atoms with Crippen LogP contribution >= 0.6 is 0 Å². The van der Waals surface area contributed by atoms with Gasteiger partial charge in [0.25, 0.3) is 0 Å². The first kappa shape index (κ1) is 8.24. The molecule has 0 spiro atoms. The number of aliphatic imine (C=N–C) groups is 1. The minimum Gasteiger partial charge on any atom is -0.318 e. The molecule has 62 valence electrons. The van der Waals surface area contributed by atoms with Crippen LogP contribution < -0.4 is 0 Å². The fourth-order valence-corrected chi connectivity index (χ4v) is 1.12. The highest BCUT2D eigenvalue weighted by molar-refractivity contribution is 5.90. The standard InChI is InChI=1S/C8H14N2O/c1-2-3-4-6-10-7-5-9-8(10)11/h5H,2-4,6-7H2,1H3. The Bertz CT molecular complexity index is 165. The Hall–Kier alpha value is -0.860. The van der Waals surface area contributed by atoms with Gasteiger partial charge in [0.2, 0.25) is 0 Å². The first-order valence-electron chi connectivity index (χ1n) is 4.16. The predicted octanol–water partition coefficient (Wildman–Crippen LogP) is 1.68. The van der Waals surface area contributed by atoms with Crippen molar-refractivity contribution in [1.29, 1.82) is 0 Å². The van der Waals surface area contributed by atoms with Crippen molar-refractivity contribution in [3.05, 3.63) is 0 Å². The molecule has 2 amide bonds. The SMILES string of the molecule is CCCCCN1CC=NC1=O. The minimum absolute atomic E-state index is 0.0684. The smallest absolute Gasteiger partial charge is 0.318 e. The van der Waals surface area contributed by atoms with E-state index in [0.717, 1.165) is 13.0 Å². The van der Waals surface area contributed by atoms with Gasteiger partial charge >= 0.3 is 6.03 Å². The molecule has 0 aromatic rings. The van der Waals surface area contributed by atoms with Crippen LogP contribution in [0.3, 0.4) is 0 Å². The molecule has 0 saturated carbocycles. The molecule has 0 radical (unpaired) electrons. The van der Waals surface area contributed by atoms with E-state index in [1.807, 2.05) is 0 Å². The highest BCUT2D eigenvalue weighted by atomic mass is 16.2. The molecule has 0 bridgehead atoms. The van der Waals surface area contributed by atoms with Gasteiger partial charge in [0.05, 0.1) is 6.54 Å². The fraction of sp³-hybridized carbons (Fsp3) is 0.750. The molecule has 11 heavy (non-hydrogen) atoms. The second kappa shape index (κ2) is 4.11. The van der Waals surface area contributed by atoms with Crippen LogP contribution in [0, 0.1) is 0 Å². The van der Waals surface area contributed by atoms with Gasteiger partial charge in [-0.05, 0) is 6.42 Å². The van der Waals surface area contributed by atoms with Crippen LogP contribution in [0.25, 0.3) is 0 Å². The Morgan fingerprint density at radius 1 is 1.64 bits per heavy atom. The third-order valence-corrected chi connectivity index (χ3v) is 1.81. The second-order valence-corrected chi connectivity index (χ2v) is 2.75. The molecule has 0 saturated heterocycles. The lowest BCUT2D eigenvalue weighted by molar-refractivity contribution is 0.218. The van der Waals surface area contributed by atoms with E-state index in [0.29, 0.717) is 6.54 Å². The third kappa shape index (κ3) is 2.33. The lowest BCUT2D eigenvalue weighted by Crippen LogP contribution is -2.25. The van der Waals surface area contributed by atoms with Crippen LogP contribution in [-0.2, 0) is 0 Å². The van der Waals surface area contributed by atoms with Gasteiger partial charge in [0.15, 0.2) is 0 Å². The van der Waals surface area contributed by atoms with E-state index >= 15 is 0 Å². The number of hydrogen-bond acceptors (Lipinski definition) is 1. The molecule has 0 aliphatic carbocycles. The molecular weight excluding hydrogens is 140 g/mol. The highest BCUT2D eigenvalue weighted by Gasteiger charge is 2.14. The number of urea groups is 1. The van der Waals surface area contributed by atoms with E-state index in [1.54, 1.807) is 11.1 Å². The van der Waals surface area contributed by atoms with Crippen LogP contribution in [0.4, 0.5) is 4.79 Å². The van der Waals surface area contributed by atoms with Gasteiger partial charge in [-0.3, -0.25) is 0 Å². The monoisotopic (exact) mass is 154 g/mol. The number of nitrogens with zero attached hydrogens (tertiary/aromatic N) is 2. The van der Waals surface area contributed by atoms with Gasteiger partial charge < -0.3 is 4.90 Å². The summed E-state index contributed by atoms with van der Waals surface area (Å²) in [6.07, 6.45) is 5.17. The lowest BCUT2D eigenvalue weighted by Gasteiger charge is -2.12. The normalized spacial score (nSPS) is 16.5. The number of rotatable bonds is 4. The molecule has 1 aliphatic heterocycles. The number of hydrogen-bond donors (Lipinski definition) is 0. The maximum Gasteiger partial charge on any atom is 0.343 e. The first-order valence-corrected chi connectivity index (χ1v) is 4.16. The third-order valence-electron chi connectivity index (χ3n) is 1.81. The molecule has 0 aromatic heterocycles. The molecule has 1 aliphatic rings. The summed E-state index contributed by atoms with van der Waals surface area (Å²) in [6, 6.07) is -0.0684. The van der Waals surface area contributed by atoms with Crippen LogP contribution in [0.2, 0.25) is 0 Å². The zero-order valence-corrected chi connectivity index (χ0v) is 6.92. The zero-order chi connectivity index (χ0) is 8.10. The molecule has 3 nitrogen and oxygen atoms in total. The Balaban J connectivity index is 2.13. The van der Waals surface area contributed by atoms with Crippen molar-refractivity contribution in [3.63, 3.8) is 0 Å². The Morgan fingerprint density at radius 3 is 3.00 bits per heavy atom. The molecule has 0 N–H and O–H groups in total. The Labute approximate surface area is 67.1 Å². The molecule has 0 atom stereocenters. The van der Waals surface area contributed by atoms with Crippen LogP contribution in [0.15, 0.2) is 4.99 Å². The van der Waals surface area contributed by atoms with Crippen molar-refractivity contribution in [2.24, 2.45) is 4.99 Å². The van der Waals surface area contributed by atoms with Crippen molar-refractivity contribution in [3.8, 4) is 0 Å². The summed E-state index contributed by atoms with van der Waals surface area (Å²) in [7, 11) is 0. The largest absolute Gasteiger partial charge is 0.343 e. The average molecular weight is 154 g/mol. The lowest BCUT2D eigenvalue weighted by atomic mass is 10.2. The summed E-state index contributed by atoms with van der Waals surface area (Å²) in [5.41, 5.74) is 0. The van der Waals surface area contributed by atoms with Crippen molar-refractivity contribution < 1.29 is 4.79 Å². The van der Waals surface area contributed by atoms with E-state index in [2.05, 4.69) is 11.9 Å². The summed E-state index contributed by atoms with van der Waals surface area (Å²) in [5.74, 6) is 0. The Morgan fingerprint density at radius 2 is 2.45 bits per heavy atom. The van der Waals surface area contributed by atoms with Crippen molar-refractivity contribution >= 4 is 12.2 Å². The predicted molar refractivity (Wildman–Crippen MR) is 45.0 cm³/mol. The van der Waals surface area contributed by atoms with E-state index in [-0.39, 0.29) is 6.03 Å². The van der Waals surface area contributed by atoms with Gasteiger partial charge in [-0.25, -0.2) is 9.79 Å². The van der Waals surface area contributed by atoms with E-state index in [9.17, 15) is 4.79 Å². The number of amides is 2. The van der Waals surface area contributed by atoms with Crippen LogP contribution in [0.5, 0.6) is 0 Å². The van der Waals surface area contributed by atoms with E-state index in [4.69, 9.17) is 0 Å². The van der Waals surface area contributed by atoms with E-state index < -0.39 is 0 Å². The molecule has 0 aromatic carbocycles. The fourth-order valence-electron chi connectivity index (χ4n) is 1.12. The summed E-state index contributed by atoms with van der Waals surface area (Å²) in [4.78, 5) is 16.3. The van der Waals surface area contributed by atoms with E-state index in [1.165, 1.54) is 12.8 Å². The van der Waals surface area contributed by atoms with Gasteiger partial charge in [-0.2, -0.15) is 0 Å². The van der Waals surface area contributed by atoms with Gasteiger partial charge in [0.1, 0.15) is 0 Å². The molecule has 0 unspecified atom stereocenters. The Kier molecular flexibility index (Phi) is 3.08. The summed E-state index contributed by atoms with van der Waals surface area (Å²) in [5, 5.41) is 0. The molecule has 3 heteroatoms. The van der Waals surface area contributed by atoms with Crippen LogP contribution in [-0.4, -0.2) is 30.2 Å². The summed E-state index contributed by atoms with van der Waals surface area (Å²) < 4.78 is 0. The number of unbranched alkanes of at least 4 members (excludes halogenated alkanes) is 2. The summed E-state index contributed by atoms with van der Waals surface area (Å²) in [6.45, 7) is 3.73. The van der Waals surface area contributed by atoms with Gasteiger partial charge in [-0.1, -0.05) is 19.8 Å². The highest BCUT2D eigenvalue weighted by Crippen LogP contribution is 2.02. The molecule has 0 fully saturated rings. The second-order valence-electron chi connectivity index (χ2n) is 2.75. The number of carbonyl (C=O) groups excluding carboxylic acids is 1. The first-order chi connectivity index (χ1) is 5.34. The maximum absolute atomic E-state index is 10.9. The quantitative estimate of drug-likeness (QED) is 0.567. The topological polar surface area (TPSA) is 32.7 Å². The average Bonchev–Trinajstić information content (AvgIpc) is 2.37. The zero-order valence-electron chi connectivity index (χ0n) is 6.92. The molecule has 1 rings (SSSR count).